The Morgan fingerprint density at radius 3 is 2.55 bits per heavy atom. The summed E-state index contributed by atoms with van der Waals surface area (Å²) in [4.78, 5) is 39.0. The normalized spacial score (nSPS) is 17.4. The Bertz CT molecular complexity index is 1000. The SMILES string of the molecule is CN1C(=O)CN(c2cc(C3CC3)cc3cc(CNC(=O)OC(C)(C)C)nn23)C1=O. The highest BCUT2D eigenvalue weighted by molar-refractivity contribution is 6.11. The summed E-state index contributed by atoms with van der Waals surface area (Å²) >= 11 is 0. The zero-order valence-corrected chi connectivity index (χ0v) is 17.1. The number of imide groups is 1. The van der Waals surface area contributed by atoms with Gasteiger partial charge in [-0.15, -0.1) is 0 Å². The Hall–Kier alpha value is -3.10. The molecule has 4 amide bonds. The minimum absolute atomic E-state index is 0.0100. The molecule has 2 aromatic heterocycles. The van der Waals surface area contributed by atoms with E-state index >= 15 is 0 Å². The minimum atomic E-state index is -0.579. The van der Waals surface area contributed by atoms with Crippen molar-refractivity contribution in [1.82, 2.24) is 19.8 Å². The van der Waals surface area contributed by atoms with E-state index in [1.807, 2.05) is 12.1 Å². The van der Waals surface area contributed by atoms with E-state index in [9.17, 15) is 14.4 Å². The maximum absolute atomic E-state index is 12.5. The Morgan fingerprint density at radius 1 is 1.24 bits per heavy atom. The Kier molecular flexibility index (Phi) is 4.48. The minimum Gasteiger partial charge on any atom is -0.444 e. The first-order chi connectivity index (χ1) is 13.6. The lowest BCUT2D eigenvalue weighted by molar-refractivity contribution is -0.123. The third kappa shape index (κ3) is 3.90. The number of pyridine rings is 1. The lowest BCUT2D eigenvalue weighted by Crippen LogP contribution is -2.32. The van der Waals surface area contributed by atoms with Gasteiger partial charge in [-0.05, 0) is 63.3 Å². The molecule has 0 aromatic carbocycles. The van der Waals surface area contributed by atoms with E-state index in [0.717, 1.165) is 28.8 Å². The average Bonchev–Trinajstić information content (AvgIpc) is 3.35. The van der Waals surface area contributed by atoms with Crippen molar-refractivity contribution < 1.29 is 19.1 Å². The zero-order valence-electron chi connectivity index (χ0n) is 17.1. The largest absolute Gasteiger partial charge is 0.444 e. The van der Waals surface area contributed by atoms with Crippen LogP contribution in [0.15, 0.2) is 18.2 Å². The molecule has 4 rings (SSSR count). The van der Waals surface area contributed by atoms with Crippen LogP contribution in [0.4, 0.5) is 15.4 Å². The molecule has 1 saturated carbocycles. The number of urea groups is 1. The molecule has 0 radical (unpaired) electrons. The van der Waals surface area contributed by atoms with Crippen LogP contribution in [0.25, 0.3) is 5.52 Å². The molecule has 29 heavy (non-hydrogen) atoms. The Balaban J connectivity index is 1.64. The Morgan fingerprint density at radius 2 is 1.97 bits per heavy atom. The monoisotopic (exact) mass is 399 g/mol. The van der Waals surface area contributed by atoms with Gasteiger partial charge in [0.1, 0.15) is 18.0 Å². The van der Waals surface area contributed by atoms with Crippen LogP contribution in [-0.4, -0.2) is 51.7 Å². The van der Waals surface area contributed by atoms with Gasteiger partial charge < -0.3 is 10.1 Å². The average molecular weight is 399 g/mol. The number of rotatable bonds is 4. The number of fused-ring (bicyclic) bond motifs is 1. The quantitative estimate of drug-likeness (QED) is 0.798. The molecular formula is C20H25N5O4. The maximum atomic E-state index is 12.5. The first-order valence-corrected chi connectivity index (χ1v) is 9.70. The van der Waals surface area contributed by atoms with Gasteiger partial charge in [-0.25, -0.2) is 14.1 Å². The summed E-state index contributed by atoms with van der Waals surface area (Å²) in [6.07, 6.45) is 1.71. The highest BCUT2D eigenvalue weighted by Gasteiger charge is 2.36. The van der Waals surface area contributed by atoms with Crippen LogP contribution in [0, 0.1) is 0 Å². The van der Waals surface area contributed by atoms with Crippen LogP contribution in [0.5, 0.6) is 0 Å². The molecule has 3 heterocycles. The van der Waals surface area contributed by atoms with Gasteiger partial charge in [0.05, 0.1) is 17.8 Å². The molecule has 1 N–H and O–H groups in total. The molecule has 1 aliphatic heterocycles. The second-order valence-corrected chi connectivity index (χ2v) is 8.57. The van der Waals surface area contributed by atoms with E-state index in [1.165, 1.54) is 11.9 Å². The van der Waals surface area contributed by atoms with Crippen molar-refractivity contribution in [2.24, 2.45) is 0 Å². The number of likely N-dealkylation sites (N-methyl/N-ethyl adjacent to an activating group) is 1. The third-order valence-electron chi connectivity index (χ3n) is 4.94. The number of carbonyl (C=O) groups excluding carboxylic acids is 3. The number of amides is 4. The lowest BCUT2D eigenvalue weighted by atomic mass is 10.1. The number of hydrogen-bond donors (Lipinski definition) is 1. The van der Waals surface area contributed by atoms with Crippen molar-refractivity contribution in [3.63, 3.8) is 0 Å². The van der Waals surface area contributed by atoms with Gasteiger partial charge in [-0.2, -0.15) is 5.10 Å². The second-order valence-electron chi connectivity index (χ2n) is 8.57. The summed E-state index contributed by atoms with van der Waals surface area (Å²) in [5.74, 6) is 0.790. The third-order valence-corrected chi connectivity index (χ3v) is 4.94. The van der Waals surface area contributed by atoms with Gasteiger partial charge in [-0.1, -0.05) is 0 Å². The van der Waals surface area contributed by atoms with Crippen molar-refractivity contribution in [3.8, 4) is 0 Å². The van der Waals surface area contributed by atoms with E-state index in [0.29, 0.717) is 17.4 Å². The van der Waals surface area contributed by atoms with Gasteiger partial charge in [-0.3, -0.25) is 14.6 Å². The summed E-state index contributed by atoms with van der Waals surface area (Å²) in [5.41, 5.74) is 2.01. The van der Waals surface area contributed by atoms with Gasteiger partial charge in [0.15, 0.2) is 0 Å². The maximum Gasteiger partial charge on any atom is 0.407 e. The smallest absolute Gasteiger partial charge is 0.407 e. The highest BCUT2D eigenvalue weighted by atomic mass is 16.6. The molecular weight excluding hydrogens is 374 g/mol. The number of ether oxygens (including phenoxy) is 1. The van der Waals surface area contributed by atoms with Crippen molar-refractivity contribution in [1.29, 1.82) is 0 Å². The topological polar surface area (TPSA) is 96.2 Å². The summed E-state index contributed by atoms with van der Waals surface area (Å²) in [7, 11) is 1.48. The van der Waals surface area contributed by atoms with E-state index in [1.54, 1.807) is 25.3 Å². The van der Waals surface area contributed by atoms with Gasteiger partial charge in [0.2, 0.25) is 0 Å². The van der Waals surface area contributed by atoms with Crippen LogP contribution in [0.3, 0.4) is 0 Å². The van der Waals surface area contributed by atoms with Gasteiger partial charge in [0, 0.05) is 7.05 Å². The first-order valence-electron chi connectivity index (χ1n) is 9.70. The fourth-order valence-corrected chi connectivity index (χ4v) is 3.34. The number of alkyl carbamates (subject to hydrolysis) is 1. The van der Waals surface area contributed by atoms with Crippen LogP contribution in [0.1, 0.15) is 50.8 Å². The van der Waals surface area contributed by atoms with E-state index < -0.39 is 11.7 Å². The summed E-state index contributed by atoms with van der Waals surface area (Å²) in [5, 5.41) is 7.25. The van der Waals surface area contributed by atoms with Crippen LogP contribution in [0.2, 0.25) is 0 Å². The number of carbonyl (C=O) groups is 3. The fraction of sp³-hybridized carbons (Fsp3) is 0.500. The molecule has 9 heteroatoms. The molecule has 0 bridgehead atoms. The second kappa shape index (κ2) is 6.75. The zero-order chi connectivity index (χ0) is 20.9. The fourth-order valence-electron chi connectivity index (χ4n) is 3.34. The highest BCUT2D eigenvalue weighted by Crippen LogP contribution is 2.42. The number of aromatic nitrogens is 2. The van der Waals surface area contributed by atoms with Crippen LogP contribution >= 0.6 is 0 Å². The van der Waals surface area contributed by atoms with E-state index in [2.05, 4.69) is 16.5 Å². The first kappa shape index (κ1) is 19.2. The number of anilines is 1. The molecule has 2 aliphatic rings. The molecule has 0 unspecified atom stereocenters. The molecule has 0 atom stereocenters. The molecule has 2 fully saturated rings. The van der Waals surface area contributed by atoms with Crippen LogP contribution < -0.4 is 10.2 Å². The van der Waals surface area contributed by atoms with Gasteiger partial charge >= 0.3 is 12.1 Å². The molecule has 154 valence electrons. The van der Waals surface area contributed by atoms with Crippen molar-refractivity contribution >= 4 is 29.4 Å². The molecule has 1 saturated heterocycles. The van der Waals surface area contributed by atoms with Crippen molar-refractivity contribution in [2.75, 3.05) is 18.5 Å². The molecule has 2 aromatic rings. The lowest BCUT2D eigenvalue weighted by Gasteiger charge is -2.19. The number of nitrogens with zero attached hydrogens (tertiary/aromatic N) is 4. The summed E-state index contributed by atoms with van der Waals surface area (Å²) < 4.78 is 6.91. The molecule has 1 aliphatic carbocycles. The number of nitrogens with one attached hydrogen (secondary N) is 1. The predicted molar refractivity (Wildman–Crippen MR) is 106 cm³/mol. The standard InChI is InChI=1S/C20H25N5O4/c1-20(2,3)29-18(27)21-10-14-9-15-7-13(12-5-6-12)8-16(25(15)22-14)24-11-17(26)23(4)19(24)28/h7-9,12H,5-6,10-11H2,1-4H3,(H,21,27). The van der Waals surface area contributed by atoms with Crippen molar-refractivity contribution in [3.05, 3.63) is 29.5 Å². The molecule has 9 nitrogen and oxygen atoms in total. The van der Waals surface area contributed by atoms with Crippen molar-refractivity contribution in [2.45, 2.75) is 51.7 Å². The van der Waals surface area contributed by atoms with E-state index in [-0.39, 0.29) is 25.0 Å². The molecule has 0 spiro atoms. The predicted octanol–water partition coefficient (Wildman–Crippen LogP) is 2.63. The summed E-state index contributed by atoms with van der Waals surface area (Å²) in [6.45, 7) is 5.59. The van der Waals surface area contributed by atoms with Crippen LogP contribution in [-0.2, 0) is 16.1 Å². The van der Waals surface area contributed by atoms with Gasteiger partial charge in [0.25, 0.3) is 5.91 Å². The Labute approximate surface area is 168 Å². The number of hydrogen-bond acceptors (Lipinski definition) is 5. The van der Waals surface area contributed by atoms with E-state index in [4.69, 9.17) is 4.74 Å². The summed E-state index contributed by atoms with van der Waals surface area (Å²) in [6, 6.07) is 5.50.